The second-order valence-electron chi connectivity index (χ2n) is 3.50. The first-order chi connectivity index (χ1) is 8.51. The summed E-state index contributed by atoms with van der Waals surface area (Å²) in [5.41, 5.74) is 0.0153. The fourth-order valence-electron chi connectivity index (χ4n) is 1.56. The second-order valence-corrected chi connectivity index (χ2v) is 4.35. The van der Waals surface area contributed by atoms with E-state index in [0.717, 1.165) is 6.07 Å². The summed E-state index contributed by atoms with van der Waals surface area (Å²) in [6, 6.07) is 4.23. The number of nitro benzene ring substituents is 1. The van der Waals surface area contributed by atoms with Crippen molar-refractivity contribution < 1.29 is 9.31 Å². The van der Waals surface area contributed by atoms with Crippen LogP contribution >= 0.6 is 15.9 Å². The normalized spacial score (nSPS) is 9.89. The summed E-state index contributed by atoms with van der Waals surface area (Å²) in [5.74, 6) is -0.679. The third-order valence-electron chi connectivity index (χ3n) is 2.43. The van der Waals surface area contributed by atoms with Crippen molar-refractivity contribution in [2.75, 3.05) is 18.0 Å². The molecule has 7 heteroatoms. The Kier molecular flexibility index (Phi) is 5.04. The van der Waals surface area contributed by atoms with Gasteiger partial charge in [-0.05, 0) is 28.9 Å². The summed E-state index contributed by atoms with van der Waals surface area (Å²) in [4.78, 5) is 12.0. The van der Waals surface area contributed by atoms with Gasteiger partial charge in [0.1, 0.15) is 11.5 Å². The molecule has 0 atom stereocenters. The molecular formula is C11H11BrFN3O2. The summed E-state index contributed by atoms with van der Waals surface area (Å²) in [6.07, 6.45) is 0.250. The molecule has 18 heavy (non-hydrogen) atoms. The van der Waals surface area contributed by atoms with E-state index in [-0.39, 0.29) is 16.6 Å². The van der Waals surface area contributed by atoms with Gasteiger partial charge in [0.15, 0.2) is 0 Å². The molecule has 0 radical (unpaired) electrons. The molecule has 0 fully saturated rings. The van der Waals surface area contributed by atoms with Gasteiger partial charge in [0.25, 0.3) is 5.69 Å². The van der Waals surface area contributed by atoms with Crippen LogP contribution in [-0.2, 0) is 0 Å². The first-order valence-electron chi connectivity index (χ1n) is 5.26. The van der Waals surface area contributed by atoms with Gasteiger partial charge in [-0.2, -0.15) is 5.26 Å². The van der Waals surface area contributed by atoms with Crippen LogP contribution in [0.5, 0.6) is 0 Å². The zero-order chi connectivity index (χ0) is 13.7. The van der Waals surface area contributed by atoms with Crippen LogP contribution in [0, 0.1) is 27.3 Å². The maximum absolute atomic E-state index is 13.3. The van der Waals surface area contributed by atoms with E-state index < -0.39 is 10.7 Å². The van der Waals surface area contributed by atoms with Gasteiger partial charge in [-0.3, -0.25) is 10.1 Å². The molecule has 0 heterocycles. The summed E-state index contributed by atoms with van der Waals surface area (Å²) in [5, 5.41) is 19.5. The molecule has 1 aromatic carbocycles. The highest BCUT2D eigenvalue weighted by atomic mass is 79.9. The summed E-state index contributed by atoms with van der Waals surface area (Å²) >= 11 is 3.01. The van der Waals surface area contributed by atoms with Crippen LogP contribution in [-0.4, -0.2) is 18.0 Å². The van der Waals surface area contributed by atoms with Crippen LogP contribution in [0.2, 0.25) is 0 Å². The number of nitro groups is 1. The Balaban J connectivity index is 3.23. The molecule has 0 N–H and O–H groups in total. The van der Waals surface area contributed by atoms with E-state index in [9.17, 15) is 14.5 Å². The molecule has 0 spiro atoms. The van der Waals surface area contributed by atoms with E-state index in [2.05, 4.69) is 15.9 Å². The smallest absolute Gasteiger partial charge is 0.295 e. The highest BCUT2D eigenvalue weighted by molar-refractivity contribution is 9.10. The first kappa shape index (κ1) is 14.4. The Morgan fingerprint density at radius 3 is 2.78 bits per heavy atom. The van der Waals surface area contributed by atoms with Crippen molar-refractivity contribution in [3.8, 4) is 6.07 Å². The molecule has 0 amide bonds. The van der Waals surface area contributed by atoms with Crippen molar-refractivity contribution in [2.24, 2.45) is 0 Å². The fraction of sp³-hybridized carbons (Fsp3) is 0.364. The lowest BCUT2D eigenvalue weighted by Gasteiger charge is -2.21. The van der Waals surface area contributed by atoms with Crippen LogP contribution in [0.3, 0.4) is 0 Å². The van der Waals surface area contributed by atoms with E-state index in [1.54, 1.807) is 4.90 Å². The number of anilines is 1. The number of hydrogen-bond donors (Lipinski definition) is 0. The molecule has 0 bridgehead atoms. The maximum Gasteiger partial charge on any atom is 0.295 e. The largest absolute Gasteiger partial charge is 0.365 e. The number of benzene rings is 1. The van der Waals surface area contributed by atoms with Gasteiger partial charge in [0, 0.05) is 13.1 Å². The van der Waals surface area contributed by atoms with Gasteiger partial charge in [0.05, 0.1) is 28.0 Å². The quantitative estimate of drug-likeness (QED) is 0.617. The molecule has 0 aliphatic rings. The van der Waals surface area contributed by atoms with Gasteiger partial charge in [-0.15, -0.1) is 0 Å². The van der Waals surface area contributed by atoms with Crippen molar-refractivity contribution in [3.63, 3.8) is 0 Å². The van der Waals surface area contributed by atoms with E-state index in [1.807, 2.05) is 13.0 Å². The summed E-state index contributed by atoms with van der Waals surface area (Å²) in [7, 11) is 0. The van der Waals surface area contributed by atoms with E-state index in [0.29, 0.717) is 18.8 Å². The van der Waals surface area contributed by atoms with E-state index >= 15 is 0 Å². The Hall–Kier alpha value is -1.68. The van der Waals surface area contributed by atoms with Crippen LogP contribution in [0.4, 0.5) is 15.8 Å². The molecular weight excluding hydrogens is 305 g/mol. The van der Waals surface area contributed by atoms with Crippen molar-refractivity contribution in [2.45, 2.75) is 13.3 Å². The van der Waals surface area contributed by atoms with Gasteiger partial charge >= 0.3 is 0 Å². The lowest BCUT2D eigenvalue weighted by atomic mass is 10.2. The van der Waals surface area contributed by atoms with Gasteiger partial charge in [0.2, 0.25) is 0 Å². The van der Waals surface area contributed by atoms with Crippen LogP contribution in [0.25, 0.3) is 0 Å². The average Bonchev–Trinajstić information content (AvgIpc) is 2.33. The summed E-state index contributed by atoms with van der Waals surface area (Å²) < 4.78 is 13.5. The molecule has 0 saturated heterocycles. The minimum Gasteiger partial charge on any atom is -0.365 e. The molecule has 0 unspecified atom stereocenters. The molecule has 5 nitrogen and oxygen atoms in total. The highest BCUT2D eigenvalue weighted by Gasteiger charge is 2.21. The monoisotopic (exact) mass is 315 g/mol. The average molecular weight is 316 g/mol. The fourth-order valence-corrected chi connectivity index (χ4v) is 1.89. The SMILES string of the molecule is CCN(CCC#N)c1cc(Br)c(F)cc1[N+](=O)[O-]. The van der Waals surface area contributed by atoms with E-state index in [1.165, 1.54) is 6.07 Å². The Labute approximate surface area is 112 Å². The Morgan fingerprint density at radius 1 is 1.61 bits per heavy atom. The van der Waals surface area contributed by atoms with Crippen LogP contribution in [0.1, 0.15) is 13.3 Å². The van der Waals surface area contributed by atoms with E-state index in [4.69, 9.17) is 5.26 Å². The van der Waals surface area contributed by atoms with Crippen molar-refractivity contribution >= 4 is 27.3 Å². The topological polar surface area (TPSA) is 70.2 Å². The van der Waals surface area contributed by atoms with Crippen LogP contribution in [0.15, 0.2) is 16.6 Å². The summed E-state index contributed by atoms with van der Waals surface area (Å²) in [6.45, 7) is 2.69. The van der Waals surface area contributed by atoms with Crippen molar-refractivity contribution in [1.82, 2.24) is 0 Å². The van der Waals surface area contributed by atoms with Crippen molar-refractivity contribution in [1.29, 1.82) is 5.26 Å². The maximum atomic E-state index is 13.3. The van der Waals surface area contributed by atoms with Gasteiger partial charge in [-0.1, -0.05) is 0 Å². The minimum absolute atomic E-state index is 0.165. The molecule has 0 aliphatic carbocycles. The molecule has 0 aliphatic heterocycles. The first-order valence-corrected chi connectivity index (χ1v) is 6.05. The highest BCUT2D eigenvalue weighted by Crippen LogP contribution is 2.33. The minimum atomic E-state index is -0.679. The second kappa shape index (κ2) is 6.31. The predicted octanol–water partition coefficient (Wildman–Crippen LogP) is 3.24. The number of rotatable bonds is 5. The van der Waals surface area contributed by atoms with Gasteiger partial charge in [-0.25, -0.2) is 4.39 Å². The van der Waals surface area contributed by atoms with Gasteiger partial charge < -0.3 is 4.90 Å². The standard InChI is InChI=1S/C11H11BrFN3O2/c1-2-15(5-3-4-14)10-6-8(12)9(13)7-11(10)16(17)18/h6-7H,2-3,5H2,1H3. The Morgan fingerprint density at radius 2 is 2.28 bits per heavy atom. The molecule has 1 aromatic rings. The Bertz CT molecular complexity index is 502. The molecule has 96 valence electrons. The number of nitrogens with zero attached hydrogens (tertiary/aromatic N) is 3. The zero-order valence-corrected chi connectivity index (χ0v) is 11.3. The third kappa shape index (κ3) is 3.17. The lowest BCUT2D eigenvalue weighted by Crippen LogP contribution is -2.24. The van der Waals surface area contributed by atoms with Crippen LogP contribution < -0.4 is 4.90 Å². The zero-order valence-electron chi connectivity index (χ0n) is 9.69. The molecule has 1 rings (SSSR count). The number of halogens is 2. The lowest BCUT2D eigenvalue weighted by molar-refractivity contribution is -0.384. The van der Waals surface area contributed by atoms with Crippen molar-refractivity contribution in [3.05, 3.63) is 32.5 Å². The number of nitriles is 1. The third-order valence-corrected chi connectivity index (χ3v) is 3.04. The molecule has 0 aromatic heterocycles. The molecule has 0 saturated carbocycles. The predicted molar refractivity (Wildman–Crippen MR) is 68.9 cm³/mol. The number of hydrogen-bond acceptors (Lipinski definition) is 4.